The lowest BCUT2D eigenvalue weighted by Gasteiger charge is -2.25. The fourth-order valence-electron chi connectivity index (χ4n) is 4.85. The maximum atomic E-state index is 12.3. The molecule has 0 atom stereocenters. The van der Waals surface area contributed by atoms with Gasteiger partial charge in [-0.05, 0) is 76.3 Å². The molecule has 34 heavy (non-hydrogen) atoms. The van der Waals surface area contributed by atoms with Crippen molar-refractivity contribution in [2.45, 2.75) is 59.8 Å². The number of rotatable bonds is 10. The highest BCUT2D eigenvalue weighted by Crippen LogP contribution is 2.43. The topological polar surface area (TPSA) is 74.6 Å². The molecule has 0 aliphatic heterocycles. The molecule has 2 N–H and O–H groups in total. The summed E-state index contributed by atoms with van der Waals surface area (Å²) in [7, 11) is 0. The Hall–Kier alpha value is -3.40. The third kappa shape index (κ3) is 5.22. The molecule has 178 valence electrons. The lowest BCUT2D eigenvalue weighted by atomic mass is 9.78. The van der Waals surface area contributed by atoms with E-state index in [2.05, 4.69) is 33.8 Å². The molecule has 4 heteroatoms. The van der Waals surface area contributed by atoms with Gasteiger partial charge in [0.25, 0.3) is 0 Å². The second-order valence-electron chi connectivity index (χ2n) is 9.22. The lowest BCUT2D eigenvalue weighted by Crippen LogP contribution is -2.10. The number of hydrogen-bond acceptors (Lipinski definition) is 2. The van der Waals surface area contributed by atoms with E-state index in [9.17, 15) is 19.8 Å². The van der Waals surface area contributed by atoms with Crippen molar-refractivity contribution in [3.8, 4) is 22.3 Å². The summed E-state index contributed by atoms with van der Waals surface area (Å²) in [5.41, 5.74) is 6.90. The van der Waals surface area contributed by atoms with Crippen LogP contribution in [0.2, 0.25) is 0 Å². The first-order valence-corrected chi connectivity index (χ1v) is 12.1. The molecule has 0 aromatic heterocycles. The molecular weight excluding hydrogens is 424 g/mol. The van der Waals surface area contributed by atoms with E-state index in [1.165, 1.54) is 5.56 Å². The van der Waals surface area contributed by atoms with Crippen LogP contribution in [-0.4, -0.2) is 22.2 Å². The summed E-state index contributed by atoms with van der Waals surface area (Å²) in [4.78, 5) is 24.5. The molecule has 3 aromatic rings. The zero-order valence-electron chi connectivity index (χ0n) is 20.5. The van der Waals surface area contributed by atoms with Crippen LogP contribution in [0.25, 0.3) is 22.3 Å². The van der Waals surface area contributed by atoms with Gasteiger partial charge in [-0.1, -0.05) is 83.0 Å². The maximum absolute atomic E-state index is 12.3. The maximum Gasteiger partial charge on any atom is 0.336 e. The van der Waals surface area contributed by atoms with Gasteiger partial charge in [0.15, 0.2) is 0 Å². The fourth-order valence-corrected chi connectivity index (χ4v) is 4.85. The van der Waals surface area contributed by atoms with Crippen LogP contribution in [0.3, 0.4) is 0 Å². The van der Waals surface area contributed by atoms with E-state index >= 15 is 0 Å². The van der Waals surface area contributed by atoms with E-state index in [0.717, 1.165) is 54.4 Å². The van der Waals surface area contributed by atoms with Gasteiger partial charge in [-0.15, -0.1) is 0 Å². The van der Waals surface area contributed by atoms with Crippen molar-refractivity contribution in [1.82, 2.24) is 0 Å². The molecule has 0 saturated carbocycles. The Morgan fingerprint density at radius 1 is 0.735 bits per heavy atom. The van der Waals surface area contributed by atoms with E-state index < -0.39 is 11.9 Å². The molecule has 0 spiro atoms. The van der Waals surface area contributed by atoms with Crippen molar-refractivity contribution in [3.05, 3.63) is 82.4 Å². The smallest absolute Gasteiger partial charge is 0.336 e. The van der Waals surface area contributed by atoms with Crippen molar-refractivity contribution >= 4 is 11.9 Å². The van der Waals surface area contributed by atoms with Crippen LogP contribution in [-0.2, 0) is 19.3 Å². The van der Waals surface area contributed by atoms with Crippen LogP contribution in [0, 0.1) is 5.92 Å². The van der Waals surface area contributed by atoms with Gasteiger partial charge in [0.05, 0.1) is 11.1 Å². The number of aromatic carboxylic acids is 2. The molecule has 4 nitrogen and oxygen atoms in total. The Kier molecular flexibility index (Phi) is 8.27. The molecular formula is C30H34O4. The third-order valence-corrected chi connectivity index (χ3v) is 6.11. The summed E-state index contributed by atoms with van der Waals surface area (Å²) in [6, 6.07) is 16.4. The van der Waals surface area contributed by atoms with Crippen molar-refractivity contribution in [3.63, 3.8) is 0 Å². The summed E-state index contributed by atoms with van der Waals surface area (Å²) in [5.74, 6) is -1.54. The van der Waals surface area contributed by atoms with Gasteiger partial charge in [0, 0.05) is 0 Å². The van der Waals surface area contributed by atoms with E-state index in [0.29, 0.717) is 17.0 Å². The summed E-state index contributed by atoms with van der Waals surface area (Å²) >= 11 is 0. The monoisotopic (exact) mass is 458 g/mol. The zero-order valence-corrected chi connectivity index (χ0v) is 20.5. The zero-order chi connectivity index (χ0) is 24.8. The van der Waals surface area contributed by atoms with Crippen LogP contribution in [0.5, 0.6) is 0 Å². The SMILES string of the molecule is CCCc1cc(CC(C)C)c(CCC)c(-c2ccccc2C(=O)O)c1-c1ccccc1C(=O)O. The van der Waals surface area contributed by atoms with Crippen molar-refractivity contribution in [2.75, 3.05) is 0 Å². The second kappa shape index (κ2) is 11.1. The third-order valence-electron chi connectivity index (χ3n) is 6.11. The Morgan fingerprint density at radius 3 is 1.71 bits per heavy atom. The number of carbonyl (C=O) groups is 2. The summed E-state index contributed by atoms with van der Waals surface area (Å²) in [5, 5.41) is 20.0. The molecule has 0 saturated heterocycles. The second-order valence-corrected chi connectivity index (χ2v) is 9.22. The molecule has 0 bridgehead atoms. The molecule has 0 heterocycles. The van der Waals surface area contributed by atoms with Crippen molar-refractivity contribution < 1.29 is 19.8 Å². The first-order valence-electron chi connectivity index (χ1n) is 12.1. The predicted molar refractivity (Wildman–Crippen MR) is 138 cm³/mol. The highest BCUT2D eigenvalue weighted by molar-refractivity contribution is 6.04. The first kappa shape index (κ1) is 25.2. The van der Waals surface area contributed by atoms with Gasteiger partial charge in [0.2, 0.25) is 0 Å². The lowest BCUT2D eigenvalue weighted by molar-refractivity contribution is 0.0686. The van der Waals surface area contributed by atoms with E-state index in [4.69, 9.17) is 0 Å². The largest absolute Gasteiger partial charge is 0.478 e. The van der Waals surface area contributed by atoms with Gasteiger partial charge in [-0.3, -0.25) is 0 Å². The molecule has 0 amide bonds. The number of carboxylic acid groups (broad SMARTS) is 2. The van der Waals surface area contributed by atoms with Gasteiger partial charge < -0.3 is 10.2 Å². The van der Waals surface area contributed by atoms with Crippen LogP contribution >= 0.6 is 0 Å². The number of carboxylic acids is 2. The standard InChI is InChI=1S/C30H34O4/c1-5-11-20-18-21(17-19(3)4)22(12-6-2)28(24-14-8-10-16-26(24)30(33)34)27(20)23-13-7-9-15-25(23)29(31)32/h7-10,13-16,18-19H,5-6,11-12,17H2,1-4H3,(H,31,32)(H,33,34). The van der Waals surface area contributed by atoms with Gasteiger partial charge in [0.1, 0.15) is 0 Å². The molecule has 0 aliphatic carbocycles. The Labute approximate surface area is 202 Å². The van der Waals surface area contributed by atoms with Gasteiger partial charge in [-0.25, -0.2) is 9.59 Å². The minimum atomic E-state index is -0.987. The number of hydrogen-bond donors (Lipinski definition) is 2. The predicted octanol–water partition coefficient (Wildman–Crippen LogP) is 7.52. The Bertz CT molecular complexity index is 1190. The summed E-state index contributed by atoms with van der Waals surface area (Å²) < 4.78 is 0. The first-order chi connectivity index (χ1) is 16.3. The number of aryl methyl sites for hydroxylation is 1. The molecule has 0 radical (unpaired) electrons. The average molecular weight is 459 g/mol. The summed E-state index contributed by atoms with van der Waals surface area (Å²) in [6.07, 6.45) is 4.26. The average Bonchev–Trinajstić information content (AvgIpc) is 2.80. The highest BCUT2D eigenvalue weighted by Gasteiger charge is 2.25. The molecule has 3 rings (SSSR count). The van der Waals surface area contributed by atoms with Crippen molar-refractivity contribution in [2.24, 2.45) is 5.92 Å². The summed E-state index contributed by atoms with van der Waals surface area (Å²) in [6.45, 7) is 8.61. The van der Waals surface area contributed by atoms with E-state index in [1.54, 1.807) is 24.3 Å². The number of benzene rings is 3. The van der Waals surface area contributed by atoms with Crippen LogP contribution in [0.4, 0.5) is 0 Å². The molecule has 3 aromatic carbocycles. The van der Waals surface area contributed by atoms with Crippen LogP contribution < -0.4 is 0 Å². The van der Waals surface area contributed by atoms with E-state index in [1.807, 2.05) is 24.3 Å². The Morgan fingerprint density at radius 2 is 1.24 bits per heavy atom. The van der Waals surface area contributed by atoms with Gasteiger partial charge in [-0.2, -0.15) is 0 Å². The fraction of sp³-hybridized carbons (Fsp3) is 0.333. The van der Waals surface area contributed by atoms with Crippen LogP contribution in [0.15, 0.2) is 54.6 Å². The molecule has 0 aliphatic rings. The molecule has 0 fully saturated rings. The minimum absolute atomic E-state index is 0.230. The Balaban J connectivity index is 2.58. The quantitative estimate of drug-likeness (QED) is 0.329. The van der Waals surface area contributed by atoms with E-state index in [-0.39, 0.29) is 11.1 Å². The normalized spacial score (nSPS) is 11.1. The van der Waals surface area contributed by atoms with Gasteiger partial charge >= 0.3 is 11.9 Å². The van der Waals surface area contributed by atoms with Crippen LogP contribution in [0.1, 0.15) is 77.9 Å². The molecule has 0 unspecified atom stereocenters. The minimum Gasteiger partial charge on any atom is -0.478 e. The van der Waals surface area contributed by atoms with Crippen molar-refractivity contribution in [1.29, 1.82) is 0 Å². The highest BCUT2D eigenvalue weighted by atomic mass is 16.4.